The lowest BCUT2D eigenvalue weighted by Crippen LogP contribution is -2.20. The van der Waals surface area contributed by atoms with Crippen molar-refractivity contribution in [3.63, 3.8) is 0 Å². The van der Waals surface area contributed by atoms with Gasteiger partial charge in [-0.05, 0) is 43.7 Å². The second kappa shape index (κ2) is 9.17. The molecule has 30 heavy (non-hydrogen) atoms. The highest BCUT2D eigenvalue weighted by molar-refractivity contribution is 6.00. The average molecular weight is 408 g/mol. The van der Waals surface area contributed by atoms with E-state index in [4.69, 9.17) is 19.9 Å². The fraction of sp³-hybridized carbons (Fsp3) is 0.217. The van der Waals surface area contributed by atoms with Crippen LogP contribution in [0.1, 0.15) is 39.0 Å². The second-order valence-corrected chi connectivity index (χ2v) is 6.54. The molecule has 1 aromatic heterocycles. The Labute approximate surface area is 175 Å². The Balaban J connectivity index is 2.16. The van der Waals surface area contributed by atoms with Crippen molar-refractivity contribution in [2.45, 2.75) is 20.5 Å². The number of esters is 1. The number of hydrogen-bond acceptors (Lipinski definition) is 5. The fourth-order valence-corrected chi connectivity index (χ4v) is 3.23. The number of nitrogens with two attached hydrogens (primary N) is 1. The number of methoxy groups -OCH3 is 1. The van der Waals surface area contributed by atoms with Crippen LogP contribution in [0.2, 0.25) is 0 Å². The standard InChI is InChI=1S/C23H24N2O5/c1-4-29-23(27)19-15(2)21(30-14-16-8-6-5-7-9-16)20(22(24)26)25(19)17-10-12-18(28-3)13-11-17/h5-13H,4,14H2,1-3H3,(H2,24,26). The Kier molecular flexibility index (Phi) is 6.41. The van der Waals surface area contributed by atoms with Gasteiger partial charge in [-0.3, -0.25) is 9.36 Å². The molecule has 3 aromatic rings. The van der Waals surface area contributed by atoms with E-state index >= 15 is 0 Å². The van der Waals surface area contributed by atoms with Crippen LogP contribution in [0.25, 0.3) is 5.69 Å². The summed E-state index contributed by atoms with van der Waals surface area (Å²) in [5.74, 6) is -0.387. The number of benzene rings is 2. The molecule has 1 heterocycles. The summed E-state index contributed by atoms with van der Waals surface area (Å²) >= 11 is 0. The molecule has 0 fully saturated rings. The van der Waals surface area contributed by atoms with Crippen LogP contribution in [-0.4, -0.2) is 30.2 Å². The van der Waals surface area contributed by atoms with E-state index in [9.17, 15) is 9.59 Å². The normalized spacial score (nSPS) is 10.5. The van der Waals surface area contributed by atoms with Crippen molar-refractivity contribution in [2.24, 2.45) is 5.73 Å². The number of rotatable bonds is 8. The molecule has 7 heteroatoms. The van der Waals surface area contributed by atoms with Crippen LogP contribution in [0.4, 0.5) is 0 Å². The molecule has 1 amide bonds. The van der Waals surface area contributed by atoms with Gasteiger partial charge in [0.1, 0.15) is 18.1 Å². The number of amides is 1. The molecular formula is C23H24N2O5. The van der Waals surface area contributed by atoms with Crippen molar-refractivity contribution < 1.29 is 23.8 Å². The third-order valence-electron chi connectivity index (χ3n) is 4.62. The lowest BCUT2D eigenvalue weighted by atomic mass is 10.2. The number of carbonyl (C=O) groups is 2. The average Bonchev–Trinajstić information content (AvgIpc) is 3.05. The Morgan fingerprint density at radius 1 is 1.00 bits per heavy atom. The third-order valence-corrected chi connectivity index (χ3v) is 4.62. The molecule has 7 nitrogen and oxygen atoms in total. The summed E-state index contributed by atoms with van der Waals surface area (Å²) in [4.78, 5) is 25.2. The zero-order valence-corrected chi connectivity index (χ0v) is 17.2. The van der Waals surface area contributed by atoms with Gasteiger partial charge in [0, 0.05) is 11.3 Å². The van der Waals surface area contributed by atoms with Crippen molar-refractivity contribution in [1.29, 1.82) is 0 Å². The summed E-state index contributed by atoms with van der Waals surface area (Å²) in [5, 5.41) is 0. The van der Waals surface area contributed by atoms with Crippen LogP contribution in [0.15, 0.2) is 54.6 Å². The Hall–Kier alpha value is -3.74. The highest BCUT2D eigenvalue weighted by Gasteiger charge is 2.30. The van der Waals surface area contributed by atoms with Gasteiger partial charge in [-0.2, -0.15) is 0 Å². The van der Waals surface area contributed by atoms with E-state index in [-0.39, 0.29) is 30.4 Å². The van der Waals surface area contributed by atoms with Gasteiger partial charge in [-0.25, -0.2) is 4.79 Å². The molecule has 0 radical (unpaired) electrons. The predicted octanol–water partition coefficient (Wildman–Crippen LogP) is 3.65. The van der Waals surface area contributed by atoms with E-state index in [1.165, 1.54) is 4.57 Å². The number of hydrogen-bond donors (Lipinski definition) is 1. The van der Waals surface area contributed by atoms with Gasteiger partial charge < -0.3 is 19.9 Å². The van der Waals surface area contributed by atoms with Gasteiger partial charge in [0.25, 0.3) is 5.91 Å². The lowest BCUT2D eigenvalue weighted by molar-refractivity contribution is 0.0516. The molecule has 0 bridgehead atoms. The van der Waals surface area contributed by atoms with Gasteiger partial charge >= 0.3 is 5.97 Å². The predicted molar refractivity (Wildman–Crippen MR) is 112 cm³/mol. The minimum absolute atomic E-state index is 0.0802. The van der Waals surface area contributed by atoms with E-state index in [1.807, 2.05) is 30.3 Å². The first-order valence-corrected chi connectivity index (χ1v) is 9.51. The highest BCUT2D eigenvalue weighted by atomic mass is 16.5. The first-order chi connectivity index (χ1) is 14.5. The van der Waals surface area contributed by atoms with Gasteiger partial charge in [0.15, 0.2) is 11.4 Å². The molecule has 3 rings (SSSR count). The van der Waals surface area contributed by atoms with E-state index in [0.29, 0.717) is 17.0 Å². The molecule has 0 unspecified atom stereocenters. The van der Waals surface area contributed by atoms with Crippen LogP contribution in [0.5, 0.6) is 11.5 Å². The van der Waals surface area contributed by atoms with E-state index in [1.54, 1.807) is 45.2 Å². The van der Waals surface area contributed by atoms with Crippen LogP contribution < -0.4 is 15.2 Å². The molecule has 2 aromatic carbocycles. The zero-order chi connectivity index (χ0) is 21.7. The number of primary amides is 1. The molecular weight excluding hydrogens is 384 g/mol. The SMILES string of the molecule is CCOC(=O)c1c(C)c(OCc2ccccc2)c(C(N)=O)n1-c1ccc(OC)cc1. The Bertz CT molecular complexity index is 1040. The van der Waals surface area contributed by atoms with Crippen molar-refractivity contribution in [3.05, 3.63) is 77.1 Å². The minimum Gasteiger partial charge on any atom is -0.497 e. The zero-order valence-electron chi connectivity index (χ0n) is 17.2. The van der Waals surface area contributed by atoms with Crippen molar-refractivity contribution >= 4 is 11.9 Å². The van der Waals surface area contributed by atoms with Crippen LogP contribution in [-0.2, 0) is 11.3 Å². The topological polar surface area (TPSA) is 92.8 Å². The van der Waals surface area contributed by atoms with Crippen molar-refractivity contribution in [1.82, 2.24) is 4.57 Å². The lowest BCUT2D eigenvalue weighted by Gasteiger charge is -2.13. The molecule has 156 valence electrons. The Morgan fingerprint density at radius 2 is 1.67 bits per heavy atom. The summed E-state index contributed by atoms with van der Waals surface area (Å²) in [6.45, 7) is 3.84. The molecule has 2 N–H and O–H groups in total. The van der Waals surface area contributed by atoms with E-state index in [0.717, 1.165) is 5.56 Å². The third kappa shape index (κ3) is 4.15. The quantitative estimate of drug-likeness (QED) is 0.575. The van der Waals surface area contributed by atoms with E-state index < -0.39 is 11.9 Å². The van der Waals surface area contributed by atoms with E-state index in [2.05, 4.69) is 0 Å². The fourth-order valence-electron chi connectivity index (χ4n) is 3.23. The van der Waals surface area contributed by atoms with Gasteiger partial charge in [-0.1, -0.05) is 30.3 Å². The molecule has 0 aliphatic rings. The number of nitrogens with zero attached hydrogens (tertiary/aromatic N) is 1. The highest BCUT2D eigenvalue weighted by Crippen LogP contribution is 2.34. The molecule has 0 aliphatic heterocycles. The van der Waals surface area contributed by atoms with Crippen LogP contribution in [0, 0.1) is 6.92 Å². The largest absolute Gasteiger partial charge is 0.497 e. The summed E-state index contributed by atoms with van der Waals surface area (Å²) in [6, 6.07) is 16.4. The summed E-state index contributed by atoms with van der Waals surface area (Å²) in [6.07, 6.45) is 0. The molecule has 0 atom stereocenters. The van der Waals surface area contributed by atoms with Crippen molar-refractivity contribution in [2.75, 3.05) is 13.7 Å². The van der Waals surface area contributed by atoms with Crippen LogP contribution >= 0.6 is 0 Å². The monoisotopic (exact) mass is 408 g/mol. The first-order valence-electron chi connectivity index (χ1n) is 9.51. The Morgan fingerprint density at radius 3 is 2.23 bits per heavy atom. The van der Waals surface area contributed by atoms with Gasteiger partial charge in [-0.15, -0.1) is 0 Å². The minimum atomic E-state index is -0.715. The smallest absolute Gasteiger partial charge is 0.355 e. The summed E-state index contributed by atoms with van der Waals surface area (Å²) < 4.78 is 17.9. The maximum atomic E-state index is 12.8. The van der Waals surface area contributed by atoms with Gasteiger partial charge in [0.05, 0.1) is 13.7 Å². The maximum Gasteiger partial charge on any atom is 0.355 e. The van der Waals surface area contributed by atoms with Gasteiger partial charge in [0.2, 0.25) is 0 Å². The molecule has 0 aliphatic carbocycles. The molecule has 0 spiro atoms. The maximum absolute atomic E-state index is 12.8. The van der Waals surface area contributed by atoms with Crippen LogP contribution in [0.3, 0.4) is 0 Å². The second-order valence-electron chi connectivity index (χ2n) is 6.54. The molecule has 0 saturated heterocycles. The summed E-state index contributed by atoms with van der Waals surface area (Å²) in [5.41, 5.74) is 7.95. The summed E-state index contributed by atoms with van der Waals surface area (Å²) in [7, 11) is 1.56. The molecule has 0 saturated carbocycles. The van der Waals surface area contributed by atoms with Crippen molar-refractivity contribution in [3.8, 4) is 17.2 Å². The number of ether oxygens (including phenoxy) is 3. The first kappa shape index (κ1) is 21.0. The number of carbonyl (C=O) groups excluding carboxylic acids is 2. The number of aromatic nitrogens is 1.